The van der Waals surface area contributed by atoms with Crippen LogP contribution in [0.3, 0.4) is 0 Å². The third kappa shape index (κ3) is 2.92. The molecule has 1 aliphatic carbocycles. The van der Waals surface area contributed by atoms with Crippen LogP contribution in [0.2, 0.25) is 5.02 Å². The second-order valence-electron chi connectivity index (χ2n) is 6.62. The minimum Gasteiger partial charge on any atom is -0.384 e. The van der Waals surface area contributed by atoms with Gasteiger partial charge in [0.25, 0.3) is 0 Å². The maximum absolute atomic E-state index is 10.9. The van der Waals surface area contributed by atoms with Gasteiger partial charge in [0, 0.05) is 0 Å². The predicted molar refractivity (Wildman–Crippen MR) is 79.3 cm³/mol. The summed E-state index contributed by atoms with van der Waals surface area (Å²) >= 11 is 7.78. The van der Waals surface area contributed by atoms with Crippen molar-refractivity contribution in [2.24, 2.45) is 11.3 Å². The molecular formula is C15H23ClOS. The molecular weight excluding hydrogens is 264 g/mol. The van der Waals surface area contributed by atoms with Crippen LogP contribution in [-0.4, -0.2) is 5.11 Å². The molecule has 0 bridgehead atoms. The van der Waals surface area contributed by atoms with Crippen molar-refractivity contribution in [1.82, 2.24) is 0 Å². The lowest BCUT2D eigenvalue weighted by Gasteiger charge is -2.30. The number of thiophene rings is 1. The van der Waals surface area contributed by atoms with Crippen LogP contribution >= 0.6 is 22.9 Å². The molecule has 1 fully saturated rings. The molecule has 0 aromatic carbocycles. The number of aliphatic hydroxyl groups is 1. The van der Waals surface area contributed by atoms with Crippen molar-refractivity contribution in [3.63, 3.8) is 0 Å². The van der Waals surface area contributed by atoms with Gasteiger partial charge >= 0.3 is 0 Å². The van der Waals surface area contributed by atoms with Crippen molar-refractivity contribution < 1.29 is 5.11 Å². The van der Waals surface area contributed by atoms with Crippen molar-refractivity contribution in [2.75, 3.05) is 0 Å². The summed E-state index contributed by atoms with van der Waals surface area (Å²) in [6, 6.07) is 1.89. The Kier molecular flexibility index (Phi) is 4.10. The molecule has 0 amide bonds. The van der Waals surface area contributed by atoms with E-state index < -0.39 is 5.60 Å². The molecule has 102 valence electrons. The number of rotatable bonds is 1. The molecule has 3 heteroatoms. The Morgan fingerprint density at radius 1 is 1.33 bits per heavy atom. The van der Waals surface area contributed by atoms with Crippen LogP contribution in [0, 0.1) is 11.3 Å². The molecule has 0 saturated heterocycles. The van der Waals surface area contributed by atoms with Gasteiger partial charge in [0.2, 0.25) is 0 Å². The first-order valence-corrected chi connectivity index (χ1v) is 8.04. The quantitative estimate of drug-likeness (QED) is 0.702. The van der Waals surface area contributed by atoms with Gasteiger partial charge in [-0.3, -0.25) is 0 Å². The molecule has 1 aromatic heterocycles. The van der Waals surface area contributed by atoms with E-state index in [0.717, 1.165) is 35.6 Å². The Morgan fingerprint density at radius 3 is 2.61 bits per heavy atom. The van der Waals surface area contributed by atoms with E-state index in [1.807, 2.05) is 11.4 Å². The third-order valence-electron chi connectivity index (χ3n) is 4.31. The SMILES string of the molecule is CC(C)(C)C1CCCC(O)(c2sccc2Cl)CC1. The summed E-state index contributed by atoms with van der Waals surface area (Å²) < 4.78 is 0. The van der Waals surface area contributed by atoms with Gasteiger partial charge < -0.3 is 5.11 Å². The first-order chi connectivity index (χ1) is 8.33. The Morgan fingerprint density at radius 2 is 2.06 bits per heavy atom. The fraction of sp³-hybridized carbons (Fsp3) is 0.733. The van der Waals surface area contributed by atoms with Crippen LogP contribution < -0.4 is 0 Å². The van der Waals surface area contributed by atoms with Gasteiger partial charge in [-0.15, -0.1) is 11.3 Å². The van der Waals surface area contributed by atoms with E-state index in [9.17, 15) is 5.11 Å². The first-order valence-electron chi connectivity index (χ1n) is 6.79. The largest absolute Gasteiger partial charge is 0.384 e. The molecule has 2 unspecified atom stereocenters. The molecule has 18 heavy (non-hydrogen) atoms. The summed E-state index contributed by atoms with van der Waals surface area (Å²) in [6.07, 6.45) is 5.09. The van der Waals surface area contributed by atoms with Gasteiger partial charge in [0.1, 0.15) is 5.60 Å². The molecule has 1 aromatic rings. The van der Waals surface area contributed by atoms with Crippen LogP contribution in [0.4, 0.5) is 0 Å². The van der Waals surface area contributed by atoms with Gasteiger partial charge in [0.05, 0.1) is 9.90 Å². The molecule has 1 N–H and O–H groups in total. The fourth-order valence-corrected chi connectivity index (χ4v) is 4.43. The van der Waals surface area contributed by atoms with Crippen molar-refractivity contribution in [1.29, 1.82) is 0 Å². The molecule has 0 aliphatic heterocycles. The molecule has 0 radical (unpaired) electrons. The number of halogens is 1. The Hall–Kier alpha value is -0.0500. The highest BCUT2D eigenvalue weighted by molar-refractivity contribution is 7.10. The van der Waals surface area contributed by atoms with E-state index in [0.29, 0.717) is 11.3 Å². The molecule has 1 nitrogen and oxygen atoms in total. The van der Waals surface area contributed by atoms with Crippen LogP contribution in [0.5, 0.6) is 0 Å². The maximum Gasteiger partial charge on any atom is 0.100 e. The smallest absolute Gasteiger partial charge is 0.100 e. The highest BCUT2D eigenvalue weighted by atomic mass is 35.5. The van der Waals surface area contributed by atoms with Gasteiger partial charge in [0.15, 0.2) is 0 Å². The lowest BCUT2D eigenvalue weighted by atomic mass is 9.76. The number of hydrogen-bond acceptors (Lipinski definition) is 2. The Bertz CT molecular complexity index is 407. The van der Waals surface area contributed by atoms with Crippen LogP contribution in [-0.2, 0) is 5.60 Å². The third-order valence-corrected chi connectivity index (χ3v) is 5.85. The summed E-state index contributed by atoms with van der Waals surface area (Å²) in [4.78, 5) is 0.971. The second kappa shape index (κ2) is 5.15. The van der Waals surface area contributed by atoms with Crippen molar-refractivity contribution in [3.8, 4) is 0 Å². The Balaban J connectivity index is 2.16. The first kappa shape index (κ1) is 14.4. The zero-order chi connectivity index (χ0) is 13.4. The average molecular weight is 287 g/mol. The maximum atomic E-state index is 10.9. The summed E-state index contributed by atoms with van der Waals surface area (Å²) in [7, 11) is 0. The second-order valence-corrected chi connectivity index (χ2v) is 7.95. The van der Waals surface area contributed by atoms with Crippen LogP contribution in [0.25, 0.3) is 0 Å². The molecule has 2 rings (SSSR count). The topological polar surface area (TPSA) is 20.2 Å². The van der Waals surface area contributed by atoms with Gasteiger partial charge in [-0.2, -0.15) is 0 Å². The minimum atomic E-state index is -0.689. The molecule has 1 aliphatic rings. The zero-order valence-corrected chi connectivity index (χ0v) is 13.1. The van der Waals surface area contributed by atoms with E-state index in [1.165, 1.54) is 6.42 Å². The summed E-state index contributed by atoms with van der Waals surface area (Å²) in [6.45, 7) is 6.92. The van der Waals surface area contributed by atoms with Gasteiger partial charge in [-0.1, -0.05) is 32.4 Å². The van der Waals surface area contributed by atoms with Crippen molar-refractivity contribution in [2.45, 2.75) is 58.5 Å². The van der Waals surface area contributed by atoms with E-state index >= 15 is 0 Å². The fourth-order valence-electron chi connectivity index (χ4n) is 3.04. The minimum absolute atomic E-state index is 0.338. The molecule has 1 heterocycles. The van der Waals surface area contributed by atoms with E-state index in [2.05, 4.69) is 20.8 Å². The van der Waals surface area contributed by atoms with Crippen molar-refractivity contribution >= 4 is 22.9 Å². The highest BCUT2D eigenvalue weighted by Gasteiger charge is 2.37. The Labute approximate surface area is 119 Å². The van der Waals surface area contributed by atoms with Crippen molar-refractivity contribution in [3.05, 3.63) is 21.3 Å². The predicted octanol–water partition coefficient (Wildman–Crippen LogP) is 5.22. The number of hydrogen-bond donors (Lipinski definition) is 1. The van der Waals surface area contributed by atoms with Crippen LogP contribution in [0.15, 0.2) is 11.4 Å². The van der Waals surface area contributed by atoms with Crippen LogP contribution in [0.1, 0.15) is 57.8 Å². The monoisotopic (exact) mass is 286 g/mol. The lowest BCUT2D eigenvalue weighted by Crippen LogP contribution is -2.25. The van der Waals surface area contributed by atoms with Gasteiger partial charge in [-0.25, -0.2) is 0 Å². The van der Waals surface area contributed by atoms with Gasteiger partial charge in [-0.05, 0) is 54.9 Å². The van der Waals surface area contributed by atoms with E-state index in [1.54, 1.807) is 11.3 Å². The molecule has 1 saturated carbocycles. The summed E-state index contributed by atoms with van der Waals surface area (Å²) in [5.41, 5.74) is -0.351. The summed E-state index contributed by atoms with van der Waals surface area (Å²) in [5.74, 6) is 0.699. The molecule has 0 spiro atoms. The zero-order valence-electron chi connectivity index (χ0n) is 11.5. The summed E-state index contributed by atoms with van der Waals surface area (Å²) in [5, 5.41) is 13.6. The van der Waals surface area contributed by atoms with E-state index in [4.69, 9.17) is 11.6 Å². The average Bonchev–Trinajstić information content (AvgIpc) is 2.57. The normalized spacial score (nSPS) is 30.2. The van der Waals surface area contributed by atoms with E-state index in [-0.39, 0.29) is 0 Å². The highest BCUT2D eigenvalue weighted by Crippen LogP contribution is 2.46. The molecule has 2 atom stereocenters. The lowest BCUT2D eigenvalue weighted by molar-refractivity contribution is 0.0217. The standard InChI is InChI=1S/C15H23ClOS/c1-14(2,3)11-5-4-8-15(17,9-6-11)13-12(16)7-10-18-13/h7,10-11,17H,4-6,8-9H2,1-3H3.